The molecule has 1 aromatic carbocycles. The lowest BCUT2D eigenvalue weighted by Gasteiger charge is -2.05. The summed E-state index contributed by atoms with van der Waals surface area (Å²) < 4.78 is 3.72. The third kappa shape index (κ3) is 3.95. The zero-order valence-corrected chi connectivity index (χ0v) is 14.2. The average Bonchev–Trinajstić information content (AvgIpc) is 2.64. The lowest BCUT2D eigenvalue weighted by atomic mass is 10.1. The van der Waals surface area contributed by atoms with Crippen molar-refractivity contribution in [2.45, 2.75) is 0 Å². The Labute approximate surface area is 146 Å². The van der Waals surface area contributed by atoms with Gasteiger partial charge < -0.3 is 4.84 Å². The fraction of sp³-hybridized carbons (Fsp3) is 0.100. The second kappa shape index (κ2) is 7.49. The molecule has 25 heavy (non-hydrogen) atoms. The van der Waals surface area contributed by atoms with E-state index in [1.54, 1.807) is 22.9 Å². The zero-order chi connectivity index (χ0) is 17.6. The first-order valence-corrected chi connectivity index (χ1v) is 7.90. The standard InChI is InChI=1S/C20H19N3O2/c1-22-13-8-11-17(15-22)20(24)25-21-19(16-9-4-3-5-10-16)18-12-6-7-14-23(18)2/h3-15H,1-2H3/q+2/b21-19+. The summed E-state index contributed by atoms with van der Waals surface area (Å²) in [6.07, 6.45) is 5.47. The number of hydrogen-bond acceptors (Lipinski definition) is 3. The molecule has 5 nitrogen and oxygen atoms in total. The van der Waals surface area contributed by atoms with Crippen LogP contribution in [0.4, 0.5) is 0 Å². The first kappa shape index (κ1) is 16.5. The number of nitrogens with zero attached hydrogens (tertiary/aromatic N) is 3. The van der Waals surface area contributed by atoms with Crippen LogP contribution in [0.25, 0.3) is 0 Å². The minimum atomic E-state index is -0.497. The zero-order valence-electron chi connectivity index (χ0n) is 14.2. The Bertz CT molecular complexity index is 921. The molecule has 0 N–H and O–H groups in total. The Morgan fingerprint density at radius 1 is 0.880 bits per heavy atom. The third-order valence-electron chi connectivity index (χ3n) is 3.74. The van der Waals surface area contributed by atoms with Crippen LogP contribution in [0, 0.1) is 0 Å². The van der Waals surface area contributed by atoms with Gasteiger partial charge in [0.2, 0.25) is 5.69 Å². The highest BCUT2D eigenvalue weighted by Gasteiger charge is 2.18. The minimum absolute atomic E-state index is 0.443. The largest absolute Gasteiger partial charge is 0.371 e. The van der Waals surface area contributed by atoms with E-state index in [1.165, 1.54) is 0 Å². The summed E-state index contributed by atoms with van der Waals surface area (Å²) in [5.41, 5.74) is 2.76. The van der Waals surface area contributed by atoms with Gasteiger partial charge in [-0.25, -0.2) is 9.36 Å². The van der Waals surface area contributed by atoms with Gasteiger partial charge in [-0.1, -0.05) is 35.5 Å². The number of benzene rings is 1. The molecule has 0 atom stereocenters. The van der Waals surface area contributed by atoms with Crippen molar-refractivity contribution < 1.29 is 18.8 Å². The van der Waals surface area contributed by atoms with Crippen molar-refractivity contribution in [2.75, 3.05) is 0 Å². The van der Waals surface area contributed by atoms with Crippen molar-refractivity contribution in [2.24, 2.45) is 19.3 Å². The van der Waals surface area contributed by atoms with Crippen molar-refractivity contribution in [1.29, 1.82) is 0 Å². The molecular formula is C20H19N3O2+2. The van der Waals surface area contributed by atoms with E-state index in [1.807, 2.05) is 79.6 Å². The van der Waals surface area contributed by atoms with Gasteiger partial charge in [0, 0.05) is 23.8 Å². The number of carbonyl (C=O) groups is 1. The summed E-state index contributed by atoms with van der Waals surface area (Å²) in [6, 6.07) is 18.9. The van der Waals surface area contributed by atoms with Gasteiger partial charge in [0.15, 0.2) is 24.3 Å². The summed E-state index contributed by atoms with van der Waals surface area (Å²) >= 11 is 0. The molecule has 0 radical (unpaired) electrons. The second-order valence-electron chi connectivity index (χ2n) is 5.64. The first-order chi connectivity index (χ1) is 12.1. The van der Waals surface area contributed by atoms with Crippen molar-refractivity contribution in [3.8, 4) is 0 Å². The normalized spacial score (nSPS) is 11.2. The monoisotopic (exact) mass is 333 g/mol. The molecule has 3 rings (SSSR count). The maximum absolute atomic E-state index is 12.3. The topological polar surface area (TPSA) is 46.4 Å². The van der Waals surface area contributed by atoms with Crippen LogP contribution < -0.4 is 9.13 Å². The maximum Gasteiger partial charge on any atom is 0.371 e. The van der Waals surface area contributed by atoms with Gasteiger partial charge in [0.05, 0.1) is 0 Å². The number of aryl methyl sites for hydroxylation is 2. The van der Waals surface area contributed by atoms with Gasteiger partial charge in [-0.3, -0.25) is 0 Å². The molecule has 0 spiro atoms. The van der Waals surface area contributed by atoms with Gasteiger partial charge in [-0.2, -0.15) is 4.57 Å². The molecule has 0 amide bonds. The van der Waals surface area contributed by atoms with Crippen LogP contribution in [-0.2, 0) is 18.9 Å². The molecule has 0 aliphatic rings. The smallest absolute Gasteiger partial charge is 0.312 e. The van der Waals surface area contributed by atoms with E-state index in [-0.39, 0.29) is 0 Å². The summed E-state index contributed by atoms with van der Waals surface area (Å²) in [5.74, 6) is -0.497. The lowest BCUT2D eigenvalue weighted by molar-refractivity contribution is -0.672. The molecule has 2 heterocycles. The van der Waals surface area contributed by atoms with Crippen LogP contribution in [-0.4, -0.2) is 11.7 Å². The molecule has 0 aliphatic carbocycles. The molecule has 0 saturated heterocycles. The van der Waals surface area contributed by atoms with Gasteiger partial charge in [-0.15, -0.1) is 0 Å². The highest BCUT2D eigenvalue weighted by Crippen LogP contribution is 2.09. The van der Waals surface area contributed by atoms with E-state index >= 15 is 0 Å². The van der Waals surface area contributed by atoms with Gasteiger partial charge in [0.1, 0.15) is 19.7 Å². The van der Waals surface area contributed by atoms with Crippen LogP contribution in [0.15, 0.2) is 84.4 Å². The van der Waals surface area contributed by atoms with Gasteiger partial charge in [-0.05, 0) is 12.1 Å². The van der Waals surface area contributed by atoms with Crippen molar-refractivity contribution in [1.82, 2.24) is 0 Å². The molecular weight excluding hydrogens is 314 g/mol. The Hall–Kier alpha value is -3.34. The van der Waals surface area contributed by atoms with Crippen molar-refractivity contribution in [3.05, 3.63) is 96.1 Å². The van der Waals surface area contributed by atoms with Crippen molar-refractivity contribution >= 4 is 11.7 Å². The van der Waals surface area contributed by atoms with E-state index in [4.69, 9.17) is 4.84 Å². The van der Waals surface area contributed by atoms with Crippen LogP contribution in [0.2, 0.25) is 0 Å². The molecule has 2 aromatic heterocycles. The summed E-state index contributed by atoms with van der Waals surface area (Å²) in [7, 11) is 3.77. The molecule has 0 aliphatic heterocycles. The SMILES string of the molecule is C[n+]1cccc(C(=O)O/N=C(\c2ccccc2)c2cccc[n+]2C)c1. The molecule has 0 fully saturated rings. The van der Waals surface area contributed by atoms with Crippen molar-refractivity contribution in [3.63, 3.8) is 0 Å². The van der Waals surface area contributed by atoms with E-state index < -0.39 is 5.97 Å². The van der Waals surface area contributed by atoms with Gasteiger partial charge >= 0.3 is 5.97 Å². The van der Waals surface area contributed by atoms with Gasteiger partial charge in [0.25, 0.3) is 0 Å². The summed E-state index contributed by atoms with van der Waals surface area (Å²) in [4.78, 5) is 17.5. The van der Waals surface area contributed by atoms with Crippen LogP contribution in [0.1, 0.15) is 21.6 Å². The van der Waals surface area contributed by atoms with Crippen LogP contribution in [0.5, 0.6) is 0 Å². The van der Waals surface area contributed by atoms with E-state index in [9.17, 15) is 4.79 Å². The summed E-state index contributed by atoms with van der Waals surface area (Å²) in [5, 5.41) is 4.17. The Morgan fingerprint density at radius 3 is 2.32 bits per heavy atom. The third-order valence-corrected chi connectivity index (χ3v) is 3.74. The minimum Gasteiger partial charge on any atom is -0.312 e. The van der Waals surface area contributed by atoms with Crippen LogP contribution in [0.3, 0.4) is 0 Å². The summed E-state index contributed by atoms with van der Waals surface area (Å²) in [6.45, 7) is 0. The number of aromatic nitrogens is 2. The molecule has 124 valence electrons. The predicted octanol–water partition coefficient (Wildman–Crippen LogP) is 1.95. The van der Waals surface area contributed by atoms with E-state index in [0.29, 0.717) is 11.3 Å². The molecule has 0 saturated carbocycles. The lowest BCUT2D eigenvalue weighted by Crippen LogP contribution is -2.36. The fourth-order valence-corrected chi connectivity index (χ4v) is 2.46. The number of rotatable bonds is 4. The Morgan fingerprint density at radius 2 is 1.60 bits per heavy atom. The highest BCUT2D eigenvalue weighted by atomic mass is 16.7. The first-order valence-electron chi connectivity index (χ1n) is 7.90. The number of pyridine rings is 2. The number of carbonyl (C=O) groups excluding carboxylic acids is 1. The fourth-order valence-electron chi connectivity index (χ4n) is 2.46. The number of oxime groups is 1. The van der Waals surface area contributed by atoms with E-state index in [2.05, 4.69) is 5.16 Å². The van der Waals surface area contributed by atoms with E-state index in [0.717, 1.165) is 11.3 Å². The molecule has 0 unspecified atom stereocenters. The Balaban J connectivity index is 1.96. The highest BCUT2D eigenvalue weighted by molar-refractivity contribution is 6.10. The molecule has 5 heteroatoms. The molecule has 0 bridgehead atoms. The predicted molar refractivity (Wildman–Crippen MR) is 92.7 cm³/mol. The van der Waals surface area contributed by atoms with Crippen LogP contribution >= 0.6 is 0 Å². The Kier molecular flexibility index (Phi) is 4.95. The molecule has 3 aromatic rings. The quantitative estimate of drug-likeness (QED) is 0.317. The second-order valence-corrected chi connectivity index (χ2v) is 5.64. The number of hydrogen-bond donors (Lipinski definition) is 0. The average molecular weight is 333 g/mol. The maximum atomic E-state index is 12.3.